The lowest BCUT2D eigenvalue weighted by Gasteiger charge is -2.18. The van der Waals surface area contributed by atoms with E-state index in [-0.39, 0.29) is 25.2 Å². The molecule has 0 heterocycles. The van der Waals surface area contributed by atoms with Crippen LogP contribution < -0.4 is 0 Å². The fraction of sp³-hybridized carbons (Fsp3) is 0.778. The highest BCUT2D eigenvalue weighted by Gasteiger charge is 2.17. The van der Waals surface area contributed by atoms with Crippen molar-refractivity contribution in [2.75, 3.05) is 19.8 Å². The van der Waals surface area contributed by atoms with Gasteiger partial charge in [0.2, 0.25) is 0 Å². The molecule has 0 aromatic heterocycles. The second kappa shape index (κ2) is 58.7. The topological polar surface area (TPSA) is 61.8 Å². The molecule has 0 N–H and O–H groups in total. The Bertz CT molecular complexity index is 1210. The predicted molar refractivity (Wildman–Crippen MR) is 297 cm³/mol. The van der Waals surface area contributed by atoms with Gasteiger partial charge < -0.3 is 14.2 Å². The normalized spacial score (nSPS) is 12.7. The molecule has 0 aromatic rings. The van der Waals surface area contributed by atoms with Gasteiger partial charge in [-0.05, 0) is 83.5 Å². The van der Waals surface area contributed by atoms with Crippen LogP contribution in [-0.4, -0.2) is 37.9 Å². The highest BCUT2D eigenvalue weighted by molar-refractivity contribution is 5.70. The lowest BCUT2D eigenvalue weighted by atomic mass is 10.0. The van der Waals surface area contributed by atoms with Crippen LogP contribution in [0, 0.1) is 0 Å². The van der Waals surface area contributed by atoms with Gasteiger partial charge in [0.15, 0.2) is 6.10 Å². The minimum Gasteiger partial charge on any atom is -0.462 e. The highest BCUT2D eigenvalue weighted by atomic mass is 16.6. The van der Waals surface area contributed by atoms with E-state index in [0.29, 0.717) is 25.9 Å². The summed E-state index contributed by atoms with van der Waals surface area (Å²) in [5, 5.41) is 0. The van der Waals surface area contributed by atoms with Crippen molar-refractivity contribution in [2.45, 2.75) is 297 Å². The number of hydrogen-bond donors (Lipinski definition) is 0. The lowest BCUT2D eigenvalue weighted by molar-refractivity contribution is -0.162. The van der Waals surface area contributed by atoms with Gasteiger partial charge in [0.25, 0.3) is 0 Å². The van der Waals surface area contributed by atoms with Crippen LogP contribution in [0.5, 0.6) is 0 Å². The van der Waals surface area contributed by atoms with E-state index in [1.165, 1.54) is 193 Å². The average molecular weight is 950 g/mol. The number of rotatable bonds is 54. The summed E-state index contributed by atoms with van der Waals surface area (Å²) in [6, 6.07) is 0. The van der Waals surface area contributed by atoms with Crippen molar-refractivity contribution in [3.8, 4) is 0 Å². The van der Waals surface area contributed by atoms with Crippen LogP contribution in [-0.2, 0) is 23.8 Å². The Labute approximate surface area is 423 Å². The number of allylic oxidation sites excluding steroid dienone is 12. The minimum absolute atomic E-state index is 0.0544. The molecule has 394 valence electrons. The Hall–Kier alpha value is -2.66. The van der Waals surface area contributed by atoms with Crippen LogP contribution in [0.4, 0.5) is 0 Å². The van der Waals surface area contributed by atoms with Gasteiger partial charge in [0.1, 0.15) is 6.61 Å². The van der Waals surface area contributed by atoms with Gasteiger partial charge in [-0.25, -0.2) is 0 Å². The number of hydrogen-bond acceptors (Lipinski definition) is 5. The molecule has 0 aliphatic heterocycles. The number of esters is 2. The summed E-state index contributed by atoms with van der Waals surface area (Å²) in [6.45, 7) is 7.75. The second-order valence-corrected chi connectivity index (χ2v) is 19.5. The van der Waals surface area contributed by atoms with Crippen molar-refractivity contribution in [3.63, 3.8) is 0 Å². The van der Waals surface area contributed by atoms with Gasteiger partial charge in [0, 0.05) is 19.4 Å². The Morgan fingerprint density at radius 1 is 0.324 bits per heavy atom. The predicted octanol–water partition coefficient (Wildman–Crippen LogP) is 20.2. The van der Waals surface area contributed by atoms with Gasteiger partial charge in [-0.3, -0.25) is 9.59 Å². The SMILES string of the molecule is CCCCC/C=C\C/C=C\C/C=C\C/C=C\C/C=C\CCC(=O)O[C@H](COCCCCCCCCCCCCCCCCCC)COC(=O)CCCCCCCCC/C=C\CCCCCCCC. The van der Waals surface area contributed by atoms with E-state index in [0.717, 1.165) is 57.8 Å². The molecule has 5 heteroatoms. The molecular formula is C63H112O5. The van der Waals surface area contributed by atoms with E-state index < -0.39 is 6.10 Å². The van der Waals surface area contributed by atoms with Gasteiger partial charge in [0.05, 0.1) is 6.61 Å². The molecule has 0 aliphatic rings. The van der Waals surface area contributed by atoms with E-state index in [9.17, 15) is 9.59 Å². The van der Waals surface area contributed by atoms with E-state index >= 15 is 0 Å². The third-order valence-electron chi connectivity index (χ3n) is 12.7. The van der Waals surface area contributed by atoms with E-state index in [1.54, 1.807) is 0 Å². The van der Waals surface area contributed by atoms with E-state index in [2.05, 4.69) is 87.6 Å². The molecule has 0 aliphatic carbocycles. The third-order valence-corrected chi connectivity index (χ3v) is 12.7. The van der Waals surface area contributed by atoms with Crippen LogP contribution in [0.3, 0.4) is 0 Å². The van der Waals surface area contributed by atoms with Crippen LogP contribution in [0.25, 0.3) is 0 Å². The van der Waals surface area contributed by atoms with Crippen LogP contribution in [0.15, 0.2) is 72.9 Å². The molecule has 0 spiro atoms. The lowest BCUT2D eigenvalue weighted by Crippen LogP contribution is -2.30. The van der Waals surface area contributed by atoms with Gasteiger partial charge in [-0.15, -0.1) is 0 Å². The molecule has 0 unspecified atom stereocenters. The van der Waals surface area contributed by atoms with Crippen LogP contribution in [0.1, 0.15) is 290 Å². The first kappa shape index (κ1) is 65.3. The minimum atomic E-state index is -0.578. The van der Waals surface area contributed by atoms with Crippen molar-refractivity contribution >= 4 is 11.9 Å². The molecule has 0 aromatic carbocycles. The second-order valence-electron chi connectivity index (χ2n) is 19.5. The first-order chi connectivity index (χ1) is 33.6. The quantitative estimate of drug-likeness (QED) is 0.0345. The largest absolute Gasteiger partial charge is 0.462 e. The summed E-state index contributed by atoms with van der Waals surface area (Å²) < 4.78 is 17.4. The van der Waals surface area contributed by atoms with Crippen molar-refractivity contribution in [1.82, 2.24) is 0 Å². The standard InChI is InChI=1S/C63H112O5/c1-4-7-10-13-16-19-22-25-28-31-32-34-36-39-42-45-48-51-54-57-63(65)68-61(59-66-58-55-52-49-46-43-40-37-30-27-24-21-18-15-12-9-6-3)60-67-62(64)56-53-50-47-44-41-38-35-33-29-26-23-20-17-14-11-8-5-2/h16,19,25-26,28-29,32,34,39,42,48,51,61H,4-15,17-18,20-24,27,30-31,33,35-38,40-41,43-47,49-50,52-60H2,1-3H3/b19-16-,28-25-,29-26-,34-32-,42-39-,51-48-/t61-/m1/s1. The highest BCUT2D eigenvalue weighted by Crippen LogP contribution is 2.15. The molecule has 0 saturated carbocycles. The zero-order chi connectivity index (χ0) is 49.2. The summed E-state index contributed by atoms with van der Waals surface area (Å²) in [7, 11) is 0. The fourth-order valence-corrected chi connectivity index (χ4v) is 8.31. The summed E-state index contributed by atoms with van der Waals surface area (Å²) >= 11 is 0. The third kappa shape index (κ3) is 55.9. The number of carbonyl (C=O) groups excluding carboxylic acids is 2. The zero-order valence-electron chi connectivity index (χ0n) is 45.4. The first-order valence-electron chi connectivity index (χ1n) is 29.5. The molecule has 0 amide bonds. The van der Waals surface area contributed by atoms with Gasteiger partial charge >= 0.3 is 11.9 Å². The van der Waals surface area contributed by atoms with E-state index in [4.69, 9.17) is 14.2 Å². The van der Waals surface area contributed by atoms with Crippen molar-refractivity contribution in [2.24, 2.45) is 0 Å². The van der Waals surface area contributed by atoms with Crippen molar-refractivity contribution in [1.29, 1.82) is 0 Å². The van der Waals surface area contributed by atoms with Crippen LogP contribution in [0.2, 0.25) is 0 Å². The van der Waals surface area contributed by atoms with Crippen LogP contribution >= 0.6 is 0 Å². The van der Waals surface area contributed by atoms with Gasteiger partial charge in [-0.1, -0.05) is 267 Å². The Balaban J connectivity index is 4.38. The van der Waals surface area contributed by atoms with Crippen molar-refractivity contribution < 1.29 is 23.8 Å². The zero-order valence-corrected chi connectivity index (χ0v) is 45.4. The first-order valence-corrected chi connectivity index (χ1v) is 29.5. The Morgan fingerprint density at radius 3 is 1.09 bits per heavy atom. The molecule has 5 nitrogen and oxygen atoms in total. The maximum Gasteiger partial charge on any atom is 0.306 e. The Morgan fingerprint density at radius 2 is 0.647 bits per heavy atom. The summed E-state index contributed by atoms with van der Waals surface area (Å²) in [4.78, 5) is 25.5. The van der Waals surface area contributed by atoms with Crippen molar-refractivity contribution in [3.05, 3.63) is 72.9 Å². The van der Waals surface area contributed by atoms with E-state index in [1.807, 2.05) is 6.08 Å². The molecule has 68 heavy (non-hydrogen) atoms. The number of ether oxygens (including phenoxy) is 3. The summed E-state index contributed by atoms with van der Waals surface area (Å²) in [5.74, 6) is -0.486. The van der Waals surface area contributed by atoms with Gasteiger partial charge in [-0.2, -0.15) is 0 Å². The molecule has 0 bridgehead atoms. The Kier molecular flexibility index (Phi) is 56.4. The molecular weight excluding hydrogens is 837 g/mol. The number of unbranched alkanes of at least 4 members (excludes halogenated alkanes) is 31. The monoisotopic (exact) mass is 949 g/mol. The molecule has 0 radical (unpaired) electrons. The number of carbonyl (C=O) groups is 2. The smallest absolute Gasteiger partial charge is 0.306 e. The maximum atomic E-state index is 12.8. The summed E-state index contributed by atoms with van der Waals surface area (Å²) in [5.41, 5.74) is 0. The molecule has 0 saturated heterocycles. The maximum absolute atomic E-state index is 12.8. The summed E-state index contributed by atoms with van der Waals surface area (Å²) in [6.07, 6.45) is 76.5. The molecule has 0 rings (SSSR count). The molecule has 1 atom stereocenters. The fourth-order valence-electron chi connectivity index (χ4n) is 8.31. The average Bonchev–Trinajstić information content (AvgIpc) is 3.34. The molecule has 0 fully saturated rings.